The largest absolute Gasteiger partial charge is 0.493 e. The maximum absolute atomic E-state index is 14.3. The van der Waals surface area contributed by atoms with E-state index in [1.165, 1.54) is 62.4 Å². The van der Waals surface area contributed by atoms with E-state index < -0.39 is 71.9 Å². The Bertz CT molecular complexity index is 5020. The fraction of sp³-hybridized carbons (Fsp3) is 0.478. The van der Waals surface area contributed by atoms with Gasteiger partial charge in [-0.15, -0.1) is 0 Å². The van der Waals surface area contributed by atoms with Gasteiger partial charge in [0.25, 0.3) is 17.1 Å². The van der Waals surface area contributed by atoms with E-state index in [4.69, 9.17) is 24.7 Å². The number of nitro groups is 3. The third kappa shape index (κ3) is 35.8. The number of ether oxygens (including phenoxy) is 4. The number of hydrogen-bond donors (Lipinski definition) is 7. The van der Waals surface area contributed by atoms with Gasteiger partial charge in [-0.3, -0.25) is 39.9 Å². The van der Waals surface area contributed by atoms with Gasteiger partial charge in [0.05, 0.1) is 79.3 Å². The van der Waals surface area contributed by atoms with E-state index in [0.29, 0.717) is 174 Å². The molecule has 722 valence electrons. The number of carbonyl (C=O) groups is 5. The van der Waals surface area contributed by atoms with Crippen molar-refractivity contribution in [2.75, 3.05) is 209 Å². The molecule has 13 rings (SSSR count). The number of anilines is 9. The summed E-state index contributed by atoms with van der Waals surface area (Å²) in [6.07, 6.45) is -0.516. The first kappa shape index (κ1) is 106. The summed E-state index contributed by atoms with van der Waals surface area (Å²) in [4.78, 5) is 103. The molecule has 34 nitrogen and oxygen atoms in total. The van der Waals surface area contributed by atoms with Gasteiger partial charge in [0.15, 0.2) is 23.3 Å². The standard InChI is InChI=1S/C17H24FN3O3.C15H20FN3O4.C15H22FN3O2.C15H23FN2O2.C12H16FN3O.C10H12FN3O2.C6H3F2NO2/c1-12(22)19-13-5-6-15(14(18)11-13)20-7-9-21(10-8-20)16(23)24-17(2,3)4;1-15(2,3)23-14(20)18-8-6-17(7-9-18)13-5-4-11(19(21)22)10-12(13)16;1-15(2,3)21-14(20)19-8-6-18(7-9-19)13-5-4-11(17)10-12(13)16;1-15(2,19)5-10-20-12-3-4-13(16)14(11-12)18-8-6-17-7-9-18;1-9(17)15-10-2-3-12(11(13)8-10)16-6-4-14-5-7-16;11-9-7-8(14(15)16)1-2-10(9)13-5-3-12-4-6-13;7-5-2-1-4(9(10)11)3-6(5)8/h5-6,11H,7-10H2,1-4H3,(H,19,22);4-5,10H,6-9H2,1-3H3;4-5,10H,6-9,17H2,1-3H3;3-4,11,17,19H,5-10H2,1-2H3;2-3,8,14H,4-7H2,1H3,(H,15,17);1-2,7,12H,3-6H2;1-3H. The molecule has 6 aliphatic rings. The number of nitrogens with zero attached hydrogens (tertiary/aromatic N) is 12. The monoisotopic (exact) mass is 1860 g/mol. The maximum Gasteiger partial charge on any atom is 0.410 e. The minimum atomic E-state index is -1.21. The van der Waals surface area contributed by atoms with Crippen molar-refractivity contribution in [3.63, 3.8) is 0 Å². The highest BCUT2D eigenvalue weighted by molar-refractivity contribution is 5.89. The number of hydrogen-bond acceptors (Lipinski definition) is 26. The molecular formula is C90H120F8N18O16. The number of rotatable bonds is 15. The van der Waals surface area contributed by atoms with Gasteiger partial charge < -0.3 is 100 Å². The summed E-state index contributed by atoms with van der Waals surface area (Å²) < 4.78 is 130. The smallest absolute Gasteiger partial charge is 0.410 e. The topological polar surface area (TPSA) is 387 Å². The Morgan fingerprint density at radius 2 is 0.644 bits per heavy atom. The Morgan fingerprint density at radius 3 is 0.932 bits per heavy atom. The van der Waals surface area contributed by atoms with E-state index >= 15 is 0 Å². The number of nitrogen functional groups attached to an aromatic ring is 1. The maximum atomic E-state index is 14.3. The quantitative estimate of drug-likeness (QED) is 0.0165. The average molecular weight is 1860 g/mol. The summed E-state index contributed by atoms with van der Waals surface area (Å²) in [5.74, 6) is -4.50. The van der Waals surface area contributed by atoms with Crippen LogP contribution in [0.3, 0.4) is 0 Å². The Morgan fingerprint density at radius 1 is 0.364 bits per heavy atom. The van der Waals surface area contributed by atoms with Crippen LogP contribution in [-0.4, -0.2) is 251 Å². The summed E-state index contributed by atoms with van der Waals surface area (Å²) >= 11 is 0. The Hall–Kier alpha value is -12.8. The number of non-ortho nitro benzene ring substituents is 3. The molecule has 0 spiro atoms. The van der Waals surface area contributed by atoms with Crippen molar-refractivity contribution in [2.45, 2.75) is 119 Å². The second kappa shape index (κ2) is 49.4. The second-order valence-electron chi connectivity index (χ2n) is 34.6. The van der Waals surface area contributed by atoms with Crippen LogP contribution in [0.15, 0.2) is 127 Å². The molecular weight excluding hydrogens is 1740 g/mol. The van der Waals surface area contributed by atoms with Gasteiger partial charge in [-0.25, -0.2) is 49.5 Å². The van der Waals surface area contributed by atoms with Crippen molar-refractivity contribution < 1.29 is 97.9 Å². The molecule has 0 aliphatic carbocycles. The molecule has 6 aliphatic heterocycles. The van der Waals surface area contributed by atoms with Crippen LogP contribution < -0.4 is 66.5 Å². The second-order valence-corrected chi connectivity index (χ2v) is 34.6. The van der Waals surface area contributed by atoms with E-state index in [9.17, 15) is 94.5 Å². The molecule has 0 radical (unpaired) electrons. The molecule has 6 fully saturated rings. The molecule has 0 saturated carbocycles. The van der Waals surface area contributed by atoms with Gasteiger partial charge in [0.1, 0.15) is 45.8 Å². The fourth-order valence-electron chi connectivity index (χ4n) is 13.5. The van der Waals surface area contributed by atoms with Crippen LogP contribution in [0.4, 0.5) is 118 Å². The van der Waals surface area contributed by atoms with E-state index in [-0.39, 0.29) is 58.9 Å². The first-order valence-corrected chi connectivity index (χ1v) is 42.9. The summed E-state index contributed by atoms with van der Waals surface area (Å²) in [6, 6.07) is 28.4. The van der Waals surface area contributed by atoms with Crippen LogP contribution in [0.1, 0.15) is 96.4 Å². The molecule has 42 heteroatoms. The first-order valence-electron chi connectivity index (χ1n) is 42.9. The van der Waals surface area contributed by atoms with Crippen LogP contribution in [0.5, 0.6) is 5.75 Å². The highest BCUT2D eigenvalue weighted by atomic mass is 19.2. The molecule has 7 aromatic carbocycles. The third-order valence-electron chi connectivity index (χ3n) is 20.0. The number of nitrogens with one attached hydrogen (secondary N) is 5. The van der Waals surface area contributed by atoms with E-state index in [2.05, 4.69) is 26.6 Å². The lowest BCUT2D eigenvalue weighted by atomic mass is 10.1. The van der Waals surface area contributed by atoms with Crippen molar-refractivity contribution in [1.82, 2.24) is 30.7 Å². The van der Waals surface area contributed by atoms with E-state index in [1.807, 2.05) is 66.0 Å². The zero-order valence-corrected chi connectivity index (χ0v) is 76.5. The Labute approximate surface area is 762 Å². The fourth-order valence-corrected chi connectivity index (χ4v) is 13.5. The molecule has 0 bridgehead atoms. The molecule has 8 N–H and O–H groups in total. The molecule has 0 aromatic heterocycles. The van der Waals surface area contributed by atoms with Crippen molar-refractivity contribution in [1.29, 1.82) is 0 Å². The minimum absolute atomic E-state index is 0.195. The highest BCUT2D eigenvalue weighted by Gasteiger charge is 2.32. The van der Waals surface area contributed by atoms with Crippen LogP contribution in [0.2, 0.25) is 0 Å². The number of amides is 5. The molecule has 6 heterocycles. The number of piperazine rings is 6. The molecule has 7 aromatic rings. The summed E-state index contributed by atoms with van der Waals surface area (Å²) in [6.45, 7) is 38.6. The molecule has 132 heavy (non-hydrogen) atoms. The lowest BCUT2D eigenvalue weighted by molar-refractivity contribution is -0.385. The number of nitro benzene ring substituents is 3. The molecule has 6 saturated heterocycles. The van der Waals surface area contributed by atoms with Crippen molar-refractivity contribution in [3.05, 3.63) is 204 Å². The summed E-state index contributed by atoms with van der Waals surface area (Å²) in [7, 11) is 0. The Balaban J connectivity index is 0.000000212. The summed E-state index contributed by atoms with van der Waals surface area (Å²) in [5, 5.41) is 55.5. The van der Waals surface area contributed by atoms with Crippen LogP contribution in [-0.2, 0) is 23.8 Å². The lowest BCUT2D eigenvalue weighted by Crippen LogP contribution is -2.50. The predicted octanol–water partition coefficient (Wildman–Crippen LogP) is 14.1. The van der Waals surface area contributed by atoms with Gasteiger partial charge in [-0.2, -0.15) is 0 Å². The van der Waals surface area contributed by atoms with Crippen molar-refractivity contribution >= 4 is 98.3 Å². The normalized spacial score (nSPS) is 15.3. The van der Waals surface area contributed by atoms with Gasteiger partial charge in [0.2, 0.25) is 11.8 Å². The average Bonchev–Trinajstić information content (AvgIpc) is 0.815. The van der Waals surface area contributed by atoms with Crippen molar-refractivity contribution in [3.8, 4) is 5.75 Å². The highest BCUT2D eigenvalue weighted by Crippen LogP contribution is 2.32. The lowest BCUT2D eigenvalue weighted by Gasteiger charge is -2.36. The molecule has 5 amide bonds. The number of aliphatic hydroxyl groups is 1. The van der Waals surface area contributed by atoms with Gasteiger partial charge >= 0.3 is 18.3 Å². The van der Waals surface area contributed by atoms with Crippen LogP contribution >= 0.6 is 0 Å². The zero-order chi connectivity index (χ0) is 97.5. The summed E-state index contributed by atoms with van der Waals surface area (Å²) in [5.41, 5.74) is 6.51. The van der Waals surface area contributed by atoms with E-state index in [0.717, 1.165) is 83.6 Å². The SMILES string of the molecule is CC(=O)Nc1ccc(N2CCN(C(=O)OC(C)(C)C)CC2)c(F)c1.CC(=O)Nc1ccc(N2CCNCC2)c(F)c1.CC(C)(C)OC(=O)N1CCN(c2ccc(N)cc2F)CC1.CC(C)(C)OC(=O)N1CCN(c2ccc([N+](=O)[O-])cc2F)CC1.CC(C)(O)CCOc1ccc(F)c(N2CCNCC2)c1.O=[N+]([O-])c1ccc(F)c(F)c1.O=[N+]([O-])c1ccc(N2CCNCC2)c(F)c1. The molecule has 0 unspecified atom stereocenters. The predicted molar refractivity (Wildman–Crippen MR) is 489 cm³/mol. The van der Waals surface area contributed by atoms with Crippen LogP contribution in [0, 0.1) is 76.9 Å². The zero-order valence-electron chi connectivity index (χ0n) is 76.5. The number of nitrogens with two attached hydrogens (primary N) is 1. The van der Waals surface area contributed by atoms with Gasteiger partial charge in [0, 0.05) is 219 Å². The Kier molecular flexibility index (Phi) is 39.8. The first-order chi connectivity index (χ1) is 62.0. The van der Waals surface area contributed by atoms with Gasteiger partial charge in [-0.05, 0) is 161 Å². The molecule has 0 atom stereocenters. The minimum Gasteiger partial charge on any atom is -0.493 e. The number of carbonyl (C=O) groups excluding carboxylic acids is 5. The number of benzene rings is 7. The van der Waals surface area contributed by atoms with Crippen molar-refractivity contribution in [2.24, 2.45) is 0 Å². The van der Waals surface area contributed by atoms with Gasteiger partial charge in [-0.1, -0.05) is 0 Å². The van der Waals surface area contributed by atoms with Crippen LogP contribution in [0.25, 0.3) is 0 Å². The third-order valence-corrected chi connectivity index (χ3v) is 20.0. The number of halogens is 8. The van der Waals surface area contributed by atoms with E-state index in [1.54, 1.807) is 103 Å².